The summed E-state index contributed by atoms with van der Waals surface area (Å²) < 4.78 is 26.3. The minimum absolute atomic E-state index is 0.328. The van der Waals surface area contributed by atoms with Gasteiger partial charge in [-0.1, -0.05) is 32.9 Å². The first kappa shape index (κ1) is 17.1. The zero-order valence-corrected chi connectivity index (χ0v) is 13.6. The summed E-state index contributed by atoms with van der Waals surface area (Å²) in [6, 6.07) is 7.60. The third kappa shape index (κ3) is 4.30. The molecule has 0 radical (unpaired) electrons. The van der Waals surface area contributed by atoms with E-state index in [9.17, 15) is 8.42 Å². The summed E-state index contributed by atoms with van der Waals surface area (Å²) in [5.74, 6) is 0.394. The van der Waals surface area contributed by atoms with Crippen molar-refractivity contribution in [3.8, 4) is 0 Å². The van der Waals surface area contributed by atoms with Crippen molar-refractivity contribution in [2.45, 2.75) is 51.0 Å². The summed E-state index contributed by atoms with van der Waals surface area (Å²) in [5, 5.41) is 3.43. The van der Waals surface area contributed by atoms with Crippen molar-refractivity contribution in [2.75, 3.05) is 13.1 Å². The van der Waals surface area contributed by atoms with E-state index in [4.69, 9.17) is 0 Å². The Morgan fingerprint density at radius 3 is 2.10 bits per heavy atom. The van der Waals surface area contributed by atoms with Gasteiger partial charge in [-0.25, -0.2) is 13.1 Å². The fourth-order valence-electron chi connectivity index (χ4n) is 2.51. The molecule has 0 saturated carbocycles. The van der Waals surface area contributed by atoms with Crippen LogP contribution >= 0.6 is 0 Å². The van der Waals surface area contributed by atoms with Gasteiger partial charge in [0.25, 0.3) is 0 Å². The molecule has 0 aromatic heterocycles. The lowest BCUT2D eigenvalue weighted by Gasteiger charge is -2.24. The molecule has 0 aliphatic heterocycles. The van der Waals surface area contributed by atoms with E-state index < -0.39 is 10.0 Å². The van der Waals surface area contributed by atoms with Gasteiger partial charge in [-0.15, -0.1) is 0 Å². The Morgan fingerprint density at radius 1 is 1.05 bits per heavy atom. The van der Waals surface area contributed by atoms with Crippen LogP contribution in [0.1, 0.15) is 45.6 Å². The number of hydrogen-bond acceptors (Lipinski definition) is 3. The van der Waals surface area contributed by atoms with Gasteiger partial charge in [0.1, 0.15) is 0 Å². The average molecular weight is 298 g/mol. The van der Waals surface area contributed by atoms with Gasteiger partial charge in [0.2, 0.25) is 10.0 Å². The fraction of sp³-hybridized carbons (Fsp3) is 0.600. The Bertz CT molecular complexity index is 497. The molecule has 0 aliphatic carbocycles. The molecule has 0 saturated heterocycles. The molecule has 1 rings (SSSR count). The lowest BCUT2D eigenvalue weighted by Crippen LogP contribution is -2.31. The molecule has 114 valence electrons. The molecule has 0 heterocycles. The van der Waals surface area contributed by atoms with Gasteiger partial charge in [0, 0.05) is 12.6 Å². The van der Waals surface area contributed by atoms with Crippen LogP contribution in [0, 0.1) is 0 Å². The summed E-state index contributed by atoms with van der Waals surface area (Å²) in [7, 11) is -3.36. The van der Waals surface area contributed by atoms with Crippen LogP contribution in [0.25, 0.3) is 0 Å². The van der Waals surface area contributed by atoms with E-state index in [2.05, 4.69) is 30.8 Å². The van der Waals surface area contributed by atoms with Crippen molar-refractivity contribution in [2.24, 2.45) is 0 Å². The van der Waals surface area contributed by atoms with Crippen LogP contribution in [-0.4, -0.2) is 27.5 Å². The highest BCUT2D eigenvalue weighted by Gasteiger charge is 2.18. The lowest BCUT2D eigenvalue weighted by atomic mass is 9.90. The van der Waals surface area contributed by atoms with Gasteiger partial charge in [-0.05, 0) is 43.5 Å². The first-order valence-electron chi connectivity index (χ1n) is 7.29. The van der Waals surface area contributed by atoms with Crippen LogP contribution in [0.2, 0.25) is 0 Å². The Hall–Kier alpha value is -0.910. The molecule has 1 aromatic rings. The van der Waals surface area contributed by atoms with E-state index >= 15 is 0 Å². The van der Waals surface area contributed by atoms with E-state index in [0.717, 1.165) is 13.0 Å². The molecule has 1 aromatic carbocycles. The van der Waals surface area contributed by atoms with Crippen LogP contribution in [0.4, 0.5) is 0 Å². The molecule has 0 fully saturated rings. The second-order valence-electron chi connectivity index (χ2n) is 4.93. The lowest BCUT2D eigenvalue weighted by molar-refractivity contribution is 0.460. The largest absolute Gasteiger partial charge is 0.314 e. The predicted octanol–water partition coefficient (Wildman–Crippen LogP) is 2.48. The number of likely N-dealkylation sites (N-methyl/N-ethyl adjacent to an activating group) is 1. The van der Waals surface area contributed by atoms with Crippen LogP contribution in [0.15, 0.2) is 29.2 Å². The van der Waals surface area contributed by atoms with Crippen LogP contribution in [0.3, 0.4) is 0 Å². The zero-order valence-electron chi connectivity index (χ0n) is 12.8. The maximum absolute atomic E-state index is 11.9. The smallest absolute Gasteiger partial charge is 0.240 e. The van der Waals surface area contributed by atoms with E-state index in [1.165, 1.54) is 5.56 Å². The van der Waals surface area contributed by atoms with E-state index in [-0.39, 0.29) is 0 Å². The molecule has 0 bridgehead atoms. The molecule has 20 heavy (non-hydrogen) atoms. The minimum atomic E-state index is -3.36. The summed E-state index contributed by atoms with van der Waals surface area (Å²) >= 11 is 0. The second kappa shape index (κ2) is 7.76. The van der Waals surface area contributed by atoms with E-state index in [0.29, 0.717) is 23.4 Å². The molecule has 0 spiro atoms. The Morgan fingerprint density at radius 2 is 1.65 bits per heavy atom. The number of rotatable bonds is 8. The van der Waals surface area contributed by atoms with Gasteiger partial charge in [0.15, 0.2) is 0 Å². The standard InChI is InChI=1S/C15H26N2O2S/c1-5-15(12(4)16-6-2)13-8-10-14(11-9-13)20(18,19)17-7-3/h8-12,15-17H,5-7H2,1-4H3. The Kier molecular flexibility index (Phi) is 6.65. The monoisotopic (exact) mass is 298 g/mol. The molecular formula is C15H26N2O2S. The normalized spacial score (nSPS) is 15.0. The fourth-order valence-corrected chi connectivity index (χ4v) is 3.55. The third-order valence-corrected chi connectivity index (χ3v) is 5.08. The average Bonchev–Trinajstić information content (AvgIpc) is 2.40. The number of sulfonamides is 1. The Balaban J connectivity index is 2.95. The van der Waals surface area contributed by atoms with E-state index in [1.54, 1.807) is 19.1 Å². The molecule has 4 nitrogen and oxygen atoms in total. The highest BCUT2D eigenvalue weighted by atomic mass is 32.2. The topological polar surface area (TPSA) is 58.2 Å². The van der Waals surface area contributed by atoms with Crippen LogP contribution in [-0.2, 0) is 10.0 Å². The van der Waals surface area contributed by atoms with Gasteiger partial charge in [-0.2, -0.15) is 0 Å². The summed E-state index contributed by atoms with van der Waals surface area (Å²) in [5.41, 5.74) is 1.18. The zero-order chi connectivity index (χ0) is 15.2. The minimum Gasteiger partial charge on any atom is -0.314 e. The van der Waals surface area contributed by atoms with Gasteiger partial charge in [-0.3, -0.25) is 0 Å². The van der Waals surface area contributed by atoms with Gasteiger partial charge >= 0.3 is 0 Å². The van der Waals surface area contributed by atoms with Crippen molar-refractivity contribution >= 4 is 10.0 Å². The molecule has 5 heteroatoms. The summed E-state index contributed by atoms with van der Waals surface area (Å²) in [6.07, 6.45) is 1.02. The highest BCUT2D eigenvalue weighted by Crippen LogP contribution is 2.24. The van der Waals surface area contributed by atoms with E-state index in [1.807, 2.05) is 12.1 Å². The van der Waals surface area contributed by atoms with Crippen molar-refractivity contribution in [3.63, 3.8) is 0 Å². The molecule has 2 N–H and O–H groups in total. The maximum Gasteiger partial charge on any atom is 0.240 e. The first-order valence-corrected chi connectivity index (χ1v) is 8.77. The SMILES string of the molecule is CCNC(C)C(CC)c1ccc(S(=O)(=O)NCC)cc1. The second-order valence-corrected chi connectivity index (χ2v) is 6.70. The van der Waals surface area contributed by atoms with Crippen LogP contribution < -0.4 is 10.0 Å². The third-order valence-electron chi connectivity index (χ3n) is 3.52. The van der Waals surface area contributed by atoms with Crippen molar-refractivity contribution < 1.29 is 8.42 Å². The maximum atomic E-state index is 11.9. The highest BCUT2D eigenvalue weighted by molar-refractivity contribution is 7.89. The summed E-state index contributed by atoms with van der Waals surface area (Å²) in [6.45, 7) is 9.53. The number of nitrogens with one attached hydrogen (secondary N) is 2. The van der Waals surface area contributed by atoms with Crippen LogP contribution in [0.5, 0.6) is 0 Å². The van der Waals surface area contributed by atoms with Crippen molar-refractivity contribution in [1.82, 2.24) is 10.0 Å². The Labute approximate surface area is 123 Å². The first-order chi connectivity index (χ1) is 9.46. The van der Waals surface area contributed by atoms with Crippen molar-refractivity contribution in [3.05, 3.63) is 29.8 Å². The van der Waals surface area contributed by atoms with Gasteiger partial charge < -0.3 is 5.32 Å². The molecule has 2 unspecified atom stereocenters. The van der Waals surface area contributed by atoms with Gasteiger partial charge in [0.05, 0.1) is 4.90 Å². The molecule has 2 atom stereocenters. The molecule has 0 amide bonds. The number of hydrogen-bond donors (Lipinski definition) is 2. The molecule has 0 aliphatic rings. The van der Waals surface area contributed by atoms with Crippen molar-refractivity contribution in [1.29, 1.82) is 0 Å². The quantitative estimate of drug-likeness (QED) is 0.775. The summed E-state index contributed by atoms with van der Waals surface area (Å²) in [4.78, 5) is 0.328. The number of benzene rings is 1. The predicted molar refractivity (Wildman–Crippen MR) is 83.5 cm³/mol. The molecular weight excluding hydrogens is 272 g/mol.